The van der Waals surface area contributed by atoms with Gasteiger partial charge in [-0.15, -0.1) is 16.4 Å². The van der Waals surface area contributed by atoms with E-state index in [1.54, 1.807) is 29.6 Å². The second-order valence-corrected chi connectivity index (χ2v) is 6.56. The molecular weight excluding hydrogens is 394 g/mol. The molecule has 4 aromatic rings. The van der Waals surface area contributed by atoms with Crippen molar-refractivity contribution in [1.82, 2.24) is 35.2 Å². The largest absolute Gasteiger partial charge is 0.326 e. The Morgan fingerprint density at radius 2 is 1.97 bits per heavy atom. The summed E-state index contributed by atoms with van der Waals surface area (Å²) in [6.07, 6.45) is 4.48. The maximum Gasteiger partial charge on any atom is 0.295 e. The van der Waals surface area contributed by atoms with Crippen LogP contribution in [0.3, 0.4) is 0 Å². The molecule has 0 atom stereocenters. The van der Waals surface area contributed by atoms with Gasteiger partial charge < -0.3 is 5.32 Å². The molecule has 4 rings (SSSR count). The number of rotatable bonds is 6. The molecule has 29 heavy (non-hydrogen) atoms. The van der Waals surface area contributed by atoms with Crippen LogP contribution in [0.15, 0.2) is 54.4 Å². The van der Waals surface area contributed by atoms with E-state index in [4.69, 9.17) is 0 Å². The topological polar surface area (TPSA) is 140 Å². The molecule has 0 aliphatic carbocycles. The van der Waals surface area contributed by atoms with Gasteiger partial charge in [-0.05, 0) is 34.7 Å². The van der Waals surface area contributed by atoms with Crippen molar-refractivity contribution in [3.05, 3.63) is 66.0 Å². The lowest BCUT2D eigenvalue weighted by molar-refractivity contribution is -0.115. The number of tetrazole rings is 1. The SMILES string of the molecule is O=C(Cc1csc(NC(=O)c2ncccn2)n1)Nc1cccc(-n2cnnn2)c1. The highest BCUT2D eigenvalue weighted by atomic mass is 32.1. The number of carbonyl (C=O) groups excluding carboxylic acids is 2. The van der Waals surface area contributed by atoms with Crippen LogP contribution in [-0.2, 0) is 11.2 Å². The molecule has 1 aromatic carbocycles. The summed E-state index contributed by atoms with van der Waals surface area (Å²) >= 11 is 1.22. The molecule has 0 saturated heterocycles. The first-order chi connectivity index (χ1) is 14.2. The van der Waals surface area contributed by atoms with Crippen LogP contribution < -0.4 is 10.6 Å². The summed E-state index contributed by atoms with van der Waals surface area (Å²) in [7, 11) is 0. The molecule has 2 amide bonds. The predicted molar refractivity (Wildman–Crippen MR) is 104 cm³/mol. The Morgan fingerprint density at radius 3 is 2.76 bits per heavy atom. The van der Waals surface area contributed by atoms with E-state index in [-0.39, 0.29) is 18.2 Å². The predicted octanol–water partition coefficient (Wildman–Crippen LogP) is 1.34. The number of amides is 2. The summed E-state index contributed by atoms with van der Waals surface area (Å²) in [5.41, 5.74) is 1.86. The molecule has 11 nitrogen and oxygen atoms in total. The molecule has 0 fully saturated rings. The molecule has 12 heteroatoms. The van der Waals surface area contributed by atoms with Crippen molar-refractivity contribution < 1.29 is 9.59 Å². The Balaban J connectivity index is 1.36. The number of thiazole rings is 1. The Hall–Kier alpha value is -4.06. The van der Waals surface area contributed by atoms with Crippen molar-refractivity contribution in [1.29, 1.82) is 0 Å². The summed E-state index contributed by atoms with van der Waals surface area (Å²) in [5, 5.41) is 18.5. The zero-order valence-corrected chi connectivity index (χ0v) is 15.6. The minimum Gasteiger partial charge on any atom is -0.326 e. The van der Waals surface area contributed by atoms with E-state index in [2.05, 4.69) is 41.1 Å². The summed E-state index contributed by atoms with van der Waals surface area (Å²) in [5.74, 6) is -0.659. The fraction of sp³-hybridized carbons (Fsp3) is 0.0588. The molecule has 3 aromatic heterocycles. The highest BCUT2D eigenvalue weighted by molar-refractivity contribution is 7.14. The number of anilines is 2. The van der Waals surface area contributed by atoms with E-state index in [9.17, 15) is 9.59 Å². The highest BCUT2D eigenvalue weighted by Gasteiger charge is 2.13. The van der Waals surface area contributed by atoms with E-state index >= 15 is 0 Å². The fourth-order valence-electron chi connectivity index (χ4n) is 2.39. The average molecular weight is 407 g/mol. The number of carbonyl (C=O) groups is 2. The number of hydrogen-bond donors (Lipinski definition) is 2. The van der Waals surface area contributed by atoms with Gasteiger partial charge in [0.2, 0.25) is 11.7 Å². The van der Waals surface area contributed by atoms with Crippen LogP contribution >= 0.6 is 11.3 Å². The van der Waals surface area contributed by atoms with E-state index < -0.39 is 5.91 Å². The van der Waals surface area contributed by atoms with Crippen LogP contribution in [0.4, 0.5) is 10.8 Å². The molecule has 0 unspecified atom stereocenters. The molecular formula is C17H13N9O2S. The minimum absolute atomic E-state index is 0.0458. The highest BCUT2D eigenvalue weighted by Crippen LogP contribution is 2.18. The van der Waals surface area contributed by atoms with Crippen LogP contribution in [0.5, 0.6) is 0 Å². The number of aromatic nitrogens is 7. The third-order valence-corrected chi connectivity index (χ3v) is 4.43. The third kappa shape index (κ3) is 4.62. The van der Waals surface area contributed by atoms with Crippen molar-refractivity contribution in [3.8, 4) is 5.69 Å². The summed E-state index contributed by atoms with van der Waals surface area (Å²) in [6.45, 7) is 0. The molecule has 0 spiro atoms. The Bertz CT molecular complexity index is 1130. The number of hydrogen-bond acceptors (Lipinski definition) is 9. The lowest BCUT2D eigenvalue weighted by Gasteiger charge is -2.06. The van der Waals surface area contributed by atoms with E-state index in [0.29, 0.717) is 16.5 Å². The zero-order valence-electron chi connectivity index (χ0n) is 14.8. The molecule has 2 N–H and O–H groups in total. The molecule has 144 valence electrons. The molecule has 0 saturated carbocycles. The number of nitrogens with zero attached hydrogens (tertiary/aromatic N) is 7. The van der Waals surface area contributed by atoms with Crippen molar-refractivity contribution >= 4 is 34.0 Å². The quantitative estimate of drug-likeness (QED) is 0.488. The second kappa shape index (κ2) is 8.31. The summed E-state index contributed by atoms with van der Waals surface area (Å²) in [4.78, 5) is 36.4. The van der Waals surface area contributed by atoms with Crippen LogP contribution in [0.2, 0.25) is 0 Å². The van der Waals surface area contributed by atoms with Gasteiger partial charge >= 0.3 is 0 Å². The van der Waals surface area contributed by atoms with Crippen molar-refractivity contribution in [2.24, 2.45) is 0 Å². The van der Waals surface area contributed by atoms with Crippen molar-refractivity contribution in [2.75, 3.05) is 10.6 Å². The normalized spacial score (nSPS) is 10.5. The first kappa shape index (κ1) is 18.3. The van der Waals surface area contributed by atoms with Crippen LogP contribution in [0.25, 0.3) is 5.69 Å². The van der Waals surface area contributed by atoms with Crippen LogP contribution in [-0.4, -0.2) is 47.0 Å². The maximum atomic E-state index is 12.3. The minimum atomic E-state index is -0.463. The molecule has 0 aliphatic rings. The second-order valence-electron chi connectivity index (χ2n) is 5.70. The maximum absolute atomic E-state index is 12.3. The van der Waals surface area contributed by atoms with Gasteiger partial charge in [0, 0.05) is 23.5 Å². The average Bonchev–Trinajstić information content (AvgIpc) is 3.41. The third-order valence-electron chi connectivity index (χ3n) is 3.63. The fourth-order valence-corrected chi connectivity index (χ4v) is 3.10. The van der Waals surface area contributed by atoms with Gasteiger partial charge in [-0.3, -0.25) is 14.9 Å². The first-order valence-corrected chi connectivity index (χ1v) is 9.21. The summed E-state index contributed by atoms with van der Waals surface area (Å²) in [6, 6.07) is 8.74. The van der Waals surface area contributed by atoms with Gasteiger partial charge in [-0.25, -0.2) is 19.6 Å². The monoisotopic (exact) mass is 407 g/mol. The Labute approximate surface area is 167 Å². The Morgan fingerprint density at radius 1 is 1.10 bits per heavy atom. The zero-order chi connectivity index (χ0) is 20.1. The molecule has 0 radical (unpaired) electrons. The standard InChI is InChI=1S/C17H13N9O2S/c27-14(21-11-3-1-4-13(7-11)26-10-20-24-25-26)8-12-9-29-17(22-12)23-16(28)15-18-5-2-6-19-15/h1-7,9-10H,8H2,(H,21,27)(H,22,23,28). The van der Waals surface area contributed by atoms with Gasteiger partial charge in [0.15, 0.2) is 5.13 Å². The number of benzene rings is 1. The van der Waals surface area contributed by atoms with E-state index in [1.807, 2.05) is 6.07 Å². The number of nitrogens with one attached hydrogen (secondary N) is 2. The van der Waals surface area contributed by atoms with Gasteiger partial charge in [0.05, 0.1) is 17.8 Å². The molecule has 3 heterocycles. The van der Waals surface area contributed by atoms with Gasteiger partial charge in [-0.1, -0.05) is 6.07 Å². The molecule has 0 bridgehead atoms. The van der Waals surface area contributed by atoms with Gasteiger partial charge in [0.25, 0.3) is 5.91 Å². The van der Waals surface area contributed by atoms with E-state index in [0.717, 1.165) is 5.69 Å². The lowest BCUT2D eigenvalue weighted by Crippen LogP contribution is -2.16. The van der Waals surface area contributed by atoms with Crippen LogP contribution in [0.1, 0.15) is 16.3 Å². The molecule has 0 aliphatic heterocycles. The van der Waals surface area contributed by atoms with E-state index in [1.165, 1.54) is 34.7 Å². The van der Waals surface area contributed by atoms with Crippen molar-refractivity contribution in [2.45, 2.75) is 6.42 Å². The summed E-state index contributed by atoms with van der Waals surface area (Å²) < 4.78 is 1.49. The van der Waals surface area contributed by atoms with Gasteiger partial charge in [0.1, 0.15) is 6.33 Å². The lowest BCUT2D eigenvalue weighted by atomic mass is 10.2. The first-order valence-electron chi connectivity index (χ1n) is 8.33. The Kier molecular flexibility index (Phi) is 5.25. The van der Waals surface area contributed by atoms with Gasteiger partial charge in [-0.2, -0.15) is 0 Å². The smallest absolute Gasteiger partial charge is 0.295 e. The van der Waals surface area contributed by atoms with Crippen molar-refractivity contribution in [3.63, 3.8) is 0 Å². The van der Waals surface area contributed by atoms with Crippen LogP contribution in [0, 0.1) is 0 Å².